The van der Waals surface area contributed by atoms with Gasteiger partial charge in [-0.25, -0.2) is 0 Å². The zero-order valence-corrected chi connectivity index (χ0v) is 8.30. The van der Waals surface area contributed by atoms with E-state index in [0.29, 0.717) is 12.2 Å². The molecule has 1 saturated heterocycles. The predicted octanol–water partition coefficient (Wildman–Crippen LogP) is 2.23. The molecule has 2 atom stereocenters. The lowest BCUT2D eigenvalue weighted by molar-refractivity contribution is -0.124. The van der Waals surface area contributed by atoms with Crippen LogP contribution in [0.5, 0.6) is 0 Å². The first-order valence-corrected chi connectivity index (χ1v) is 4.99. The smallest absolute Gasteiger partial charge is 0.167 e. The number of carbonyl (C=O) groups excluding carboxylic acids is 1. The highest BCUT2D eigenvalue weighted by Crippen LogP contribution is 2.48. The van der Waals surface area contributed by atoms with Crippen LogP contribution in [0.25, 0.3) is 0 Å². The molecular weight excluding hydrogens is 164 g/mol. The van der Waals surface area contributed by atoms with E-state index >= 15 is 0 Å². The number of rotatable bonds is 2. The molecule has 1 heterocycles. The number of carbonyl (C=O) groups is 1. The maximum absolute atomic E-state index is 11.6. The van der Waals surface area contributed by atoms with E-state index in [-0.39, 0.29) is 11.7 Å². The Morgan fingerprint density at radius 1 is 1.69 bits per heavy atom. The summed E-state index contributed by atoms with van der Waals surface area (Å²) in [7, 11) is 0. The zero-order valence-electron chi connectivity index (χ0n) is 8.30. The van der Waals surface area contributed by atoms with Crippen molar-refractivity contribution in [1.29, 1.82) is 0 Å². The highest BCUT2D eigenvalue weighted by Gasteiger charge is 2.61. The van der Waals surface area contributed by atoms with Gasteiger partial charge in [-0.1, -0.05) is 11.6 Å². The monoisotopic (exact) mass is 180 g/mol. The van der Waals surface area contributed by atoms with Gasteiger partial charge in [-0.15, -0.1) is 0 Å². The van der Waals surface area contributed by atoms with Gasteiger partial charge < -0.3 is 4.74 Å². The van der Waals surface area contributed by atoms with Gasteiger partial charge in [0.15, 0.2) is 11.4 Å². The van der Waals surface area contributed by atoms with Crippen LogP contribution in [-0.4, -0.2) is 17.5 Å². The molecule has 2 nitrogen and oxygen atoms in total. The van der Waals surface area contributed by atoms with E-state index in [1.165, 1.54) is 5.57 Å². The molecule has 1 aliphatic carbocycles. The van der Waals surface area contributed by atoms with Crippen molar-refractivity contribution in [1.82, 2.24) is 0 Å². The molecule has 2 heteroatoms. The van der Waals surface area contributed by atoms with E-state index < -0.39 is 0 Å². The average Bonchev–Trinajstić information content (AvgIpc) is 2.78. The number of Topliss-reactive ketones (excluding diaryl/α,β-unsaturated/α-hetero) is 1. The number of allylic oxidation sites excluding steroid dienone is 1. The van der Waals surface area contributed by atoms with Crippen LogP contribution in [0.3, 0.4) is 0 Å². The minimum Gasteiger partial charge on any atom is -0.357 e. The Kier molecular flexibility index (Phi) is 2.03. The van der Waals surface area contributed by atoms with Crippen molar-refractivity contribution in [2.75, 3.05) is 0 Å². The quantitative estimate of drug-likeness (QED) is 0.481. The van der Waals surface area contributed by atoms with E-state index in [2.05, 4.69) is 19.9 Å². The summed E-state index contributed by atoms with van der Waals surface area (Å²) in [6.45, 7) is 4.11. The molecule has 0 bridgehead atoms. The summed E-state index contributed by atoms with van der Waals surface area (Å²) < 4.78 is 5.53. The second-order valence-corrected chi connectivity index (χ2v) is 4.30. The third-order valence-electron chi connectivity index (χ3n) is 2.97. The van der Waals surface area contributed by atoms with Crippen molar-refractivity contribution in [2.45, 2.75) is 51.2 Å². The van der Waals surface area contributed by atoms with Gasteiger partial charge in [0, 0.05) is 12.8 Å². The lowest BCUT2D eigenvalue weighted by atomic mass is 9.85. The third-order valence-corrected chi connectivity index (χ3v) is 2.97. The summed E-state index contributed by atoms with van der Waals surface area (Å²) in [6.07, 6.45) is 5.95. The fourth-order valence-corrected chi connectivity index (χ4v) is 2.07. The molecule has 13 heavy (non-hydrogen) atoms. The minimum atomic E-state index is -0.379. The summed E-state index contributed by atoms with van der Waals surface area (Å²) in [5, 5.41) is 0. The summed E-state index contributed by atoms with van der Waals surface area (Å²) in [5.41, 5.74) is 0.886. The maximum atomic E-state index is 11.6. The van der Waals surface area contributed by atoms with Crippen LogP contribution >= 0.6 is 0 Å². The Hall–Kier alpha value is -0.630. The van der Waals surface area contributed by atoms with Gasteiger partial charge in [-0.3, -0.25) is 4.79 Å². The Bertz CT molecular complexity index is 263. The van der Waals surface area contributed by atoms with Gasteiger partial charge in [0.05, 0.1) is 6.10 Å². The van der Waals surface area contributed by atoms with E-state index in [1.807, 2.05) is 0 Å². The van der Waals surface area contributed by atoms with E-state index in [9.17, 15) is 4.79 Å². The second-order valence-electron chi connectivity index (χ2n) is 4.30. The van der Waals surface area contributed by atoms with Crippen LogP contribution in [-0.2, 0) is 9.53 Å². The largest absolute Gasteiger partial charge is 0.357 e. The van der Waals surface area contributed by atoms with Gasteiger partial charge in [0.1, 0.15) is 0 Å². The van der Waals surface area contributed by atoms with Crippen LogP contribution in [0.4, 0.5) is 0 Å². The molecule has 0 amide bonds. The maximum Gasteiger partial charge on any atom is 0.167 e. The summed E-state index contributed by atoms with van der Waals surface area (Å²) in [5.74, 6) is 0.321. The van der Waals surface area contributed by atoms with Crippen LogP contribution in [0.1, 0.15) is 39.5 Å². The van der Waals surface area contributed by atoms with Crippen LogP contribution in [0.2, 0.25) is 0 Å². The molecule has 1 saturated carbocycles. The summed E-state index contributed by atoms with van der Waals surface area (Å²) >= 11 is 0. The normalized spacial score (nSPS) is 36.8. The molecule has 0 aromatic heterocycles. The molecule has 2 fully saturated rings. The Balaban J connectivity index is 2.05. The van der Waals surface area contributed by atoms with Crippen molar-refractivity contribution in [3.05, 3.63) is 11.6 Å². The first-order chi connectivity index (χ1) is 6.15. The standard InChI is InChI=1S/C11H16O2/c1-8(2)6-7-11-9(12)4-3-5-10(11)13-11/h6,10H,3-5,7H2,1-2H3/t10-,11+/m0/s1. The van der Waals surface area contributed by atoms with Crippen molar-refractivity contribution in [3.63, 3.8) is 0 Å². The molecule has 72 valence electrons. The Morgan fingerprint density at radius 2 is 2.46 bits per heavy atom. The van der Waals surface area contributed by atoms with Crippen molar-refractivity contribution in [2.24, 2.45) is 0 Å². The number of epoxide rings is 1. The molecule has 2 aliphatic rings. The number of fused-ring (bicyclic) bond motifs is 1. The SMILES string of the molecule is CC(C)=CC[C@]12O[C@H]1CCCC2=O. The molecule has 0 radical (unpaired) electrons. The third kappa shape index (κ3) is 1.44. The molecule has 0 N–H and O–H groups in total. The van der Waals surface area contributed by atoms with Crippen LogP contribution in [0, 0.1) is 0 Å². The molecule has 0 unspecified atom stereocenters. The lowest BCUT2D eigenvalue weighted by Gasteiger charge is -2.13. The minimum absolute atomic E-state index is 0.240. The number of ketones is 1. The topological polar surface area (TPSA) is 29.6 Å². The zero-order chi connectivity index (χ0) is 9.47. The predicted molar refractivity (Wildman–Crippen MR) is 50.5 cm³/mol. The van der Waals surface area contributed by atoms with Crippen LogP contribution in [0.15, 0.2) is 11.6 Å². The first-order valence-electron chi connectivity index (χ1n) is 4.99. The number of hydrogen-bond donors (Lipinski definition) is 0. The van der Waals surface area contributed by atoms with Crippen molar-refractivity contribution in [3.8, 4) is 0 Å². The van der Waals surface area contributed by atoms with Gasteiger partial charge in [0.2, 0.25) is 0 Å². The van der Waals surface area contributed by atoms with E-state index in [1.54, 1.807) is 0 Å². The number of ether oxygens (including phenoxy) is 1. The van der Waals surface area contributed by atoms with Crippen LogP contribution < -0.4 is 0 Å². The first kappa shape index (κ1) is 8.95. The van der Waals surface area contributed by atoms with Gasteiger partial charge in [-0.05, 0) is 26.7 Å². The molecule has 0 spiro atoms. The molecule has 0 aromatic carbocycles. The van der Waals surface area contributed by atoms with Crippen molar-refractivity contribution < 1.29 is 9.53 Å². The molecule has 1 aliphatic heterocycles. The van der Waals surface area contributed by atoms with E-state index in [0.717, 1.165) is 19.3 Å². The highest BCUT2D eigenvalue weighted by molar-refractivity contribution is 5.91. The van der Waals surface area contributed by atoms with Gasteiger partial charge in [-0.2, -0.15) is 0 Å². The van der Waals surface area contributed by atoms with Gasteiger partial charge in [0.25, 0.3) is 0 Å². The summed E-state index contributed by atoms with van der Waals surface area (Å²) in [6, 6.07) is 0. The fourth-order valence-electron chi connectivity index (χ4n) is 2.07. The Morgan fingerprint density at radius 3 is 3.08 bits per heavy atom. The fraction of sp³-hybridized carbons (Fsp3) is 0.727. The highest BCUT2D eigenvalue weighted by atomic mass is 16.6. The lowest BCUT2D eigenvalue weighted by Crippen LogP contribution is -2.30. The summed E-state index contributed by atoms with van der Waals surface area (Å²) in [4.78, 5) is 11.6. The van der Waals surface area contributed by atoms with E-state index in [4.69, 9.17) is 4.74 Å². The number of hydrogen-bond acceptors (Lipinski definition) is 2. The molecule has 2 rings (SSSR count). The molecular formula is C11H16O2. The second kappa shape index (κ2) is 2.95. The van der Waals surface area contributed by atoms with Gasteiger partial charge >= 0.3 is 0 Å². The Labute approximate surface area is 79.0 Å². The average molecular weight is 180 g/mol. The van der Waals surface area contributed by atoms with Crippen molar-refractivity contribution >= 4 is 5.78 Å². The molecule has 0 aromatic rings.